The number of para-hydroxylation sites is 2. The number of halogens is 1. The first-order valence-electron chi connectivity index (χ1n) is 8.65. The first-order valence-corrected chi connectivity index (χ1v) is 9.52. The maximum atomic E-state index is 10.2. The van der Waals surface area contributed by atoms with Crippen LogP contribution in [0.4, 0.5) is 5.69 Å². The maximum Gasteiger partial charge on any atom is 0.142 e. The third-order valence-corrected chi connectivity index (χ3v) is 5.25. The van der Waals surface area contributed by atoms with Gasteiger partial charge in [0.15, 0.2) is 0 Å². The molecule has 1 aromatic carbocycles. The van der Waals surface area contributed by atoms with Crippen LogP contribution in [-0.2, 0) is 11.3 Å². The Bertz CT molecular complexity index is 633. The molecule has 2 heterocycles. The number of aliphatic hydroxyl groups excluding tert-OH is 1. The topological polar surface area (TPSA) is 45.2 Å². The van der Waals surface area contributed by atoms with Gasteiger partial charge in [0.1, 0.15) is 5.75 Å². The maximum absolute atomic E-state index is 10.2. The van der Waals surface area contributed by atoms with Crippen molar-refractivity contribution in [3.05, 3.63) is 46.7 Å². The molecule has 0 radical (unpaired) electrons. The number of ether oxygens (including phenoxy) is 2. The number of rotatable bonds is 8. The van der Waals surface area contributed by atoms with Crippen molar-refractivity contribution >= 4 is 29.4 Å². The Morgan fingerprint density at radius 1 is 1.12 bits per heavy atom. The van der Waals surface area contributed by atoms with Gasteiger partial charge in [-0.1, -0.05) is 18.2 Å². The summed E-state index contributed by atoms with van der Waals surface area (Å²) in [7, 11) is 1.71. The monoisotopic (exact) mass is 398 g/mol. The van der Waals surface area contributed by atoms with Crippen LogP contribution in [0.2, 0.25) is 0 Å². The van der Waals surface area contributed by atoms with Gasteiger partial charge in [-0.05, 0) is 23.6 Å². The van der Waals surface area contributed by atoms with Gasteiger partial charge in [0, 0.05) is 37.6 Å². The summed E-state index contributed by atoms with van der Waals surface area (Å²) in [6.07, 6.45) is -0.447. The lowest BCUT2D eigenvalue weighted by Gasteiger charge is -2.37. The highest BCUT2D eigenvalue weighted by Crippen LogP contribution is 2.28. The number of nitrogens with zero attached hydrogens (tertiary/aromatic N) is 2. The number of β-amino-alcohol motifs (C(OH)–C–C–N with tert-alkyl or cyclic N) is 1. The van der Waals surface area contributed by atoms with E-state index in [4.69, 9.17) is 9.47 Å². The molecule has 144 valence electrons. The van der Waals surface area contributed by atoms with E-state index in [0.29, 0.717) is 19.8 Å². The minimum atomic E-state index is -0.447. The lowest BCUT2D eigenvalue weighted by Crippen LogP contribution is -2.49. The molecule has 0 bridgehead atoms. The zero-order valence-corrected chi connectivity index (χ0v) is 16.7. The zero-order valence-electron chi connectivity index (χ0n) is 15.0. The molecule has 26 heavy (non-hydrogen) atoms. The van der Waals surface area contributed by atoms with Crippen molar-refractivity contribution in [3.63, 3.8) is 0 Å². The van der Waals surface area contributed by atoms with Crippen molar-refractivity contribution in [1.82, 2.24) is 4.90 Å². The number of thiophene rings is 1. The van der Waals surface area contributed by atoms with Crippen LogP contribution in [0.25, 0.3) is 0 Å². The van der Waals surface area contributed by atoms with E-state index in [1.165, 1.54) is 4.88 Å². The number of hydrogen-bond acceptors (Lipinski definition) is 6. The minimum Gasteiger partial charge on any atom is -0.495 e. The van der Waals surface area contributed by atoms with Gasteiger partial charge in [-0.15, -0.1) is 23.7 Å². The highest BCUT2D eigenvalue weighted by atomic mass is 35.5. The van der Waals surface area contributed by atoms with E-state index in [1.54, 1.807) is 18.4 Å². The first-order chi connectivity index (χ1) is 12.3. The van der Waals surface area contributed by atoms with Crippen LogP contribution in [0.15, 0.2) is 41.8 Å². The van der Waals surface area contributed by atoms with E-state index in [1.807, 2.05) is 35.7 Å². The highest BCUT2D eigenvalue weighted by molar-refractivity contribution is 7.09. The molecule has 0 spiro atoms. The summed E-state index contributed by atoms with van der Waals surface area (Å²) >= 11 is 1.68. The molecule has 2 aromatic rings. The molecule has 1 aromatic heterocycles. The fourth-order valence-corrected chi connectivity index (χ4v) is 3.74. The van der Waals surface area contributed by atoms with E-state index in [2.05, 4.69) is 15.9 Å². The summed E-state index contributed by atoms with van der Waals surface area (Å²) in [6, 6.07) is 12.2. The van der Waals surface area contributed by atoms with Crippen LogP contribution in [0, 0.1) is 0 Å². The van der Waals surface area contributed by atoms with Crippen LogP contribution in [0.1, 0.15) is 4.88 Å². The molecule has 1 N–H and O–H groups in total. The third kappa shape index (κ3) is 5.86. The van der Waals surface area contributed by atoms with Crippen LogP contribution in [0.3, 0.4) is 0 Å². The molecule has 1 unspecified atom stereocenters. The number of piperazine rings is 1. The number of aliphatic hydroxyl groups is 1. The van der Waals surface area contributed by atoms with Gasteiger partial charge >= 0.3 is 0 Å². The van der Waals surface area contributed by atoms with Crippen molar-refractivity contribution in [3.8, 4) is 5.75 Å². The summed E-state index contributed by atoms with van der Waals surface area (Å²) in [4.78, 5) is 5.83. The molecular formula is C19H27ClN2O3S. The number of benzene rings is 1. The molecule has 1 saturated heterocycles. The van der Waals surface area contributed by atoms with E-state index >= 15 is 0 Å². The summed E-state index contributed by atoms with van der Waals surface area (Å²) < 4.78 is 11.1. The van der Waals surface area contributed by atoms with Crippen molar-refractivity contribution < 1.29 is 14.6 Å². The van der Waals surface area contributed by atoms with Gasteiger partial charge in [0.25, 0.3) is 0 Å². The molecule has 1 aliphatic heterocycles. The lowest BCUT2D eigenvalue weighted by molar-refractivity contribution is 0.00990. The fourth-order valence-electron chi connectivity index (χ4n) is 3.10. The standard InChI is InChI=1S/C19H26N2O3S.ClH/c1-23-19-7-3-2-6-18(19)21-10-8-20(9-11-21)13-16(22)14-24-15-17-5-4-12-25-17;/h2-7,12,16,22H,8-11,13-15H2,1H3;1H. The van der Waals surface area contributed by atoms with E-state index in [-0.39, 0.29) is 12.4 Å². The smallest absolute Gasteiger partial charge is 0.142 e. The van der Waals surface area contributed by atoms with Gasteiger partial charge in [-0.3, -0.25) is 4.90 Å². The predicted molar refractivity (Wildman–Crippen MR) is 109 cm³/mol. The molecule has 0 amide bonds. The SMILES string of the molecule is COc1ccccc1N1CCN(CC(O)COCc2cccs2)CC1.Cl. The third-order valence-electron chi connectivity index (χ3n) is 4.40. The van der Waals surface area contributed by atoms with Gasteiger partial charge < -0.3 is 19.5 Å². The second-order valence-corrected chi connectivity index (χ2v) is 7.24. The average Bonchev–Trinajstić information content (AvgIpc) is 3.16. The molecule has 5 nitrogen and oxygen atoms in total. The molecule has 0 saturated carbocycles. The van der Waals surface area contributed by atoms with Crippen LogP contribution < -0.4 is 9.64 Å². The van der Waals surface area contributed by atoms with Crippen molar-refractivity contribution in [2.24, 2.45) is 0 Å². The first kappa shape index (κ1) is 21.0. The Balaban J connectivity index is 0.00000243. The summed E-state index contributed by atoms with van der Waals surface area (Å²) in [5.41, 5.74) is 1.14. The number of hydrogen-bond donors (Lipinski definition) is 1. The van der Waals surface area contributed by atoms with E-state index < -0.39 is 6.10 Å². The fraction of sp³-hybridized carbons (Fsp3) is 0.474. The second-order valence-electron chi connectivity index (χ2n) is 6.21. The Kier molecular flexibility index (Phi) is 8.68. The van der Waals surface area contributed by atoms with Crippen molar-refractivity contribution in [2.45, 2.75) is 12.7 Å². The summed E-state index contributed by atoms with van der Waals surface area (Å²) in [5, 5.41) is 12.2. The van der Waals surface area contributed by atoms with E-state index in [0.717, 1.165) is 37.6 Å². The van der Waals surface area contributed by atoms with Gasteiger partial charge in [-0.2, -0.15) is 0 Å². The summed E-state index contributed by atoms with van der Waals surface area (Å²) in [5.74, 6) is 0.915. The van der Waals surface area contributed by atoms with Crippen LogP contribution in [-0.4, -0.2) is 62.6 Å². The van der Waals surface area contributed by atoms with Crippen molar-refractivity contribution in [1.29, 1.82) is 0 Å². The predicted octanol–water partition coefficient (Wildman–Crippen LogP) is 2.88. The van der Waals surface area contributed by atoms with Gasteiger partial charge in [-0.25, -0.2) is 0 Å². The molecule has 1 atom stereocenters. The number of anilines is 1. The molecule has 1 aliphatic rings. The minimum absolute atomic E-state index is 0. The summed E-state index contributed by atoms with van der Waals surface area (Å²) in [6.45, 7) is 5.34. The van der Waals surface area contributed by atoms with E-state index in [9.17, 15) is 5.11 Å². The van der Waals surface area contributed by atoms with Gasteiger partial charge in [0.05, 0.1) is 32.1 Å². The quantitative estimate of drug-likeness (QED) is 0.740. The molecule has 0 aliphatic carbocycles. The Labute approximate surface area is 165 Å². The van der Waals surface area contributed by atoms with Crippen LogP contribution >= 0.6 is 23.7 Å². The Hall–Kier alpha value is -1.31. The Morgan fingerprint density at radius 3 is 2.58 bits per heavy atom. The molecule has 3 rings (SSSR count). The Morgan fingerprint density at radius 2 is 1.88 bits per heavy atom. The van der Waals surface area contributed by atoms with Gasteiger partial charge in [0.2, 0.25) is 0 Å². The normalized spacial score (nSPS) is 16.2. The second kappa shape index (κ2) is 10.7. The molecule has 7 heteroatoms. The van der Waals surface area contributed by atoms with Crippen molar-refractivity contribution in [2.75, 3.05) is 51.3 Å². The molecule has 1 fully saturated rings. The highest BCUT2D eigenvalue weighted by Gasteiger charge is 2.21. The van der Waals surface area contributed by atoms with Crippen LogP contribution in [0.5, 0.6) is 5.75 Å². The number of methoxy groups -OCH3 is 1. The average molecular weight is 399 g/mol. The largest absolute Gasteiger partial charge is 0.495 e. The lowest BCUT2D eigenvalue weighted by atomic mass is 10.2. The molecular weight excluding hydrogens is 372 g/mol. The zero-order chi connectivity index (χ0) is 17.5.